The molecule has 2 atom stereocenters. The van der Waals surface area contributed by atoms with Crippen molar-refractivity contribution in [1.29, 1.82) is 0 Å². The number of aromatic nitrogens is 1. The number of carbonyl (C=O) groups is 1. The molecule has 1 rings (SSSR count). The number of hydrogen-bond donors (Lipinski definition) is 2. The summed E-state index contributed by atoms with van der Waals surface area (Å²) in [6.07, 6.45) is 3.12. The topological polar surface area (TPSA) is 81.1 Å². The Morgan fingerprint density at radius 2 is 2.17 bits per heavy atom. The zero-order valence-corrected chi connectivity index (χ0v) is 11.6. The van der Waals surface area contributed by atoms with Crippen LogP contribution in [0.15, 0.2) is 10.7 Å². The van der Waals surface area contributed by atoms with Crippen LogP contribution in [0.1, 0.15) is 63.0 Å². The van der Waals surface area contributed by atoms with Crippen molar-refractivity contribution in [3.05, 3.63) is 17.8 Å². The van der Waals surface area contributed by atoms with Crippen molar-refractivity contribution < 1.29 is 9.21 Å². The molecular weight excluding hydrogens is 230 g/mol. The van der Waals surface area contributed by atoms with E-state index in [-0.39, 0.29) is 18.0 Å². The van der Waals surface area contributed by atoms with Crippen LogP contribution in [-0.2, 0) is 0 Å². The minimum absolute atomic E-state index is 0.0990. The summed E-state index contributed by atoms with van der Waals surface area (Å²) in [5.41, 5.74) is 6.18. The van der Waals surface area contributed by atoms with Gasteiger partial charge in [-0.15, -0.1) is 0 Å². The Hall–Kier alpha value is -1.36. The molecule has 0 aliphatic carbocycles. The van der Waals surface area contributed by atoms with E-state index in [4.69, 9.17) is 10.2 Å². The SMILES string of the molecule is CCCC(N)c1nc(C(=O)NC(C)C(C)C)co1. The number of oxazole rings is 1. The molecule has 0 aliphatic heterocycles. The van der Waals surface area contributed by atoms with Crippen LogP contribution in [0.2, 0.25) is 0 Å². The summed E-state index contributed by atoms with van der Waals surface area (Å²) in [5, 5.41) is 2.88. The lowest BCUT2D eigenvalue weighted by Crippen LogP contribution is -2.36. The van der Waals surface area contributed by atoms with Gasteiger partial charge in [0.15, 0.2) is 5.69 Å². The molecule has 0 saturated heterocycles. The molecule has 0 saturated carbocycles. The lowest BCUT2D eigenvalue weighted by atomic mass is 10.1. The fraction of sp³-hybridized carbons (Fsp3) is 0.692. The van der Waals surface area contributed by atoms with E-state index in [0.717, 1.165) is 12.8 Å². The van der Waals surface area contributed by atoms with Crippen LogP contribution in [0.5, 0.6) is 0 Å². The highest BCUT2D eigenvalue weighted by Crippen LogP contribution is 2.15. The molecule has 1 amide bonds. The fourth-order valence-electron chi connectivity index (χ4n) is 1.44. The Morgan fingerprint density at radius 3 is 2.72 bits per heavy atom. The number of nitrogens with one attached hydrogen (secondary N) is 1. The smallest absolute Gasteiger partial charge is 0.273 e. The van der Waals surface area contributed by atoms with Crippen molar-refractivity contribution in [3.63, 3.8) is 0 Å². The second-order valence-corrected chi connectivity index (χ2v) is 4.97. The van der Waals surface area contributed by atoms with E-state index in [1.807, 2.05) is 13.8 Å². The first-order valence-corrected chi connectivity index (χ1v) is 6.47. The normalized spacial score (nSPS) is 14.6. The third-order valence-electron chi connectivity index (χ3n) is 3.03. The maximum atomic E-state index is 11.9. The second-order valence-electron chi connectivity index (χ2n) is 4.97. The molecule has 1 aromatic heterocycles. The summed E-state index contributed by atoms with van der Waals surface area (Å²) in [6.45, 7) is 8.11. The van der Waals surface area contributed by atoms with Gasteiger partial charge in [0, 0.05) is 6.04 Å². The molecule has 0 fully saturated rings. The van der Waals surface area contributed by atoms with Crippen LogP contribution in [0, 0.1) is 5.92 Å². The van der Waals surface area contributed by atoms with Gasteiger partial charge in [0.1, 0.15) is 6.26 Å². The van der Waals surface area contributed by atoms with Gasteiger partial charge in [-0.1, -0.05) is 27.2 Å². The molecule has 1 aromatic rings. The zero-order chi connectivity index (χ0) is 13.7. The van der Waals surface area contributed by atoms with E-state index >= 15 is 0 Å². The Balaban J connectivity index is 2.65. The Kier molecular flexibility index (Phi) is 5.34. The van der Waals surface area contributed by atoms with Crippen molar-refractivity contribution in [2.75, 3.05) is 0 Å². The highest BCUT2D eigenvalue weighted by molar-refractivity contribution is 5.92. The summed E-state index contributed by atoms with van der Waals surface area (Å²) in [7, 11) is 0. The van der Waals surface area contributed by atoms with Gasteiger partial charge in [-0.25, -0.2) is 4.98 Å². The lowest BCUT2D eigenvalue weighted by molar-refractivity contribution is 0.0925. The molecule has 0 aromatic carbocycles. The average molecular weight is 253 g/mol. The largest absolute Gasteiger partial charge is 0.446 e. The molecule has 2 unspecified atom stereocenters. The van der Waals surface area contributed by atoms with Crippen molar-refractivity contribution in [3.8, 4) is 0 Å². The molecule has 3 N–H and O–H groups in total. The number of carbonyl (C=O) groups excluding carboxylic acids is 1. The maximum Gasteiger partial charge on any atom is 0.273 e. The van der Waals surface area contributed by atoms with Crippen molar-refractivity contribution in [1.82, 2.24) is 10.3 Å². The minimum atomic E-state index is -0.237. The monoisotopic (exact) mass is 253 g/mol. The second kappa shape index (κ2) is 6.54. The van der Waals surface area contributed by atoms with Crippen LogP contribution in [-0.4, -0.2) is 16.9 Å². The minimum Gasteiger partial charge on any atom is -0.446 e. The van der Waals surface area contributed by atoms with E-state index in [9.17, 15) is 4.79 Å². The van der Waals surface area contributed by atoms with E-state index in [1.54, 1.807) is 0 Å². The van der Waals surface area contributed by atoms with Crippen LogP contribution in [0.25, 0.3) is 0 Å². The molecule has 0 radical (unpaired) electrons. The molecule has 102 valence electrons. The van der Waals surface area contributed by atoms with Crippen molar-refractivity contribution in [2.45, 2.75) is 52.6 Å². The van der Waals surface area contributed by atoms with Gasteiger partial charge in [0.2, 0.25) is 5.89 Å². The molecular formula is C13H23N3O2. The molecule has 5 nitrogen and oxygen atoms in total. The van der Waals surface area contributed by atoms with Gasteiger partial charge >= 0.3 is 0 Å². The van der Waals surface area contributed by atoms with Crippen LogP contribution < -0.4 is 11.1 Å². The van der Waals surface area contributed by atoms with Crippen molar-refractivity contribution in [2.24, 2.45) is 11.7 Å². The summed E-state index contributed by atoms with van der Waals surface area (Å²) in [6, 6.07) is -0.138. The fourth-order valence-corrected chi connectivity index (χ4v) is 1.44. The standard InChI is InChI=1S/C13H23N3O2/c1-5-6-10(14)13-16-11(7-18-13)12(17)15-9(4)8(2)3/h7-10H,5-6,14H2,1-4H3,(H,15,17). The van der Waals surface area contributed by atoms with Crippen LogP contribution in [0.3, 0.4) is 0 Å². The summed E-state index contributed by atoms with van der Waals surface area (Å²) in [5.74, 6) is 0.594. The molecule has 18 heavy (non-hydrogen) atoms. The van der Waals surface area contributed by atoms with Gasteiger partial charge in [-0.3, -0.25) is 4.79 Å². The molecule has 0 bridgehead atoms. The quantitative estimate of drug-likeness (QED) is 0.814. The molecule has 0 spiro atoms. The van der Waals surface area contributed by atoms with E-state index in [0.29, 0.717) is 17.5 Å². The van der Waals surface area contributed by atoms with E-state index in [1.165, 1.54) is 6.26 Å². The number of rotatable bonds is 6. The third kappa shape index (κ3) is 3.84. The highest BCUT2D eigenvalue weighted by atomic mass is 16.3. The highest BCUT2D eigenvalue weighted by Gasteiger charge is 2.18. The van der Waals surface area contributed by atoms with Gasteiger partial charge in [0.05, 0.1) is 6.04 Å². The van der Waals surface area contributed by atoms with Gasteiger partial charge in [-0.05, 0) is 19.3 Å². The maximum absolute atomic E-state index is 11.9. The molecule has 5 heteroatoms. The van der Waals surface area contributed by atoms with E-state index in [2.05, 4.69) is 24.1 Å². The Labute approximate surface area is 108 Å². The third-order valence-corrected chi connectivity index (χ3v) is 3.03. The van der Waals surface area contributed by atoms with Gasteiger partial charge in [0.25, 0.3) is 5.91 Å². The zero-order valence-electron chi connectivity index (χ0n) is 11.6. The summed E-state index contributed by atoms with van der Waals surface area (Å²) in [4.78, 5) is 16.0. The van der Waals surface area contributed by atoms with Crippen LogP contribution in [0.4, 0.5) is 0 Å². The summed E-state index contributed by atoms with van der Waals surface area (Å²) >= 11 is 0. The number of hydrogen-bond acceptors (Lipinski definition) is 4. The first-order valence-electron chi connectivity index (χ1n) is 6.47. The van der Waals surface area contributed by atoms with Gasteiger partial charge < -0.3 is 15.5 Å². The number of amides is 1. The summed E-state index contributed by atoms with van der Waals surface area (Å²) < 4.78 is 5.25. The average Bonchev–Trinajstić information content (AvgIpc) is 2.78. The lowest BCUT2D eigenvalue weighted by Gasteiger charge is -2.16. The number of nitrogens with zero attached hydrogens (tertiary/aromatic N) is 1. The van der Waals surface area contributed by atoms with Crippen molar-refractivity contribution >= 4 is 5.91 Å². The first kappa shape index (κ1) is 14.7. The first-order chi connectivity index (χ1) is 8.45. The predicted octanol–water partition coefficient (Wildman–Crippen LogP) is 2.25. The van der Waals surface area contributed by atoms with Crippen LogP contribution >= 0.6 is 0 Å². The number of nitrogens with two attached hydrogens (primary N) is 1. The molecule has 0 aliphatic rings. The molecule has 1 heterocycles. The van der Waals surface area contributed by atoms with Gasteiger partial charge in [-0.2, -0.15) is 0 Å². The Morgan fingerprint density at radius 1 is 1.50 bits per heavy atom. The Bertz CT molecular complexity index is 387. The predicted molar refractivity (Wildman–Crippen MR) is 70.1 cm³/mol. The van der Waals surface area contributed by atoms with E-state index < -0.39 is 0 Å².